The first-order valence-corrected chi connectivity index (χ1v) is 9.67. The first-order valence-electron chi connectivity index (χ1n) is 9.67. The molecule has 140 valence electrons. The number of nitrogens with zero attached hydrogens (tertiary/aromatic N) is 2. The number of benzene rings is 2. The summed E-state index contributed by atoms with van der Waals surface area (Å²) in [4.78, 5) is 20.8. The molecule has 4 rings (SSSR count). The van der Waals surface area contributed by atoms with Crippen molar-refractivity contribution >= 4 is 22.4 Å². The second kappa shape index (κ2) is 7.20. The molecule has 0 spiro atoms. The number of hydrogen-bond acceptors (Lipinski definition) is 3. The molecule has 1 aliphatic heterocycles. The second-order valence-electron chi connectivity index (χ2n) is 7.73. The van der Waals surface area contributed by atoms with E-state index in [-0.39, 0.29) is 5.78 Å². The van der Waals surface area contributed by atoms with E-state index in [1.807, 2.05) is 12.3 Å². The molecule has 0 saturated carbocycles. The summed E-state index contributed by atoms with van der Waals surface area (Å²) in [5, 5.41) is 1.04. The Kier molecular flexibility index (Phi) is 4.75. The van der Waals surface area contributed by atoms with Gasteiger partial charge in [0, 0.05) is 54.5 Å². The fraction of sp³-hybridized carbons (Fsp3) is 0.348. The highest BCUT2D eigenvalue weighted by molar-refractivity contribution is 6.08. The summed E-state index contributed by atoms with van der Waals surface area (Å²) in [7, 11) is 0. The lowest BCUT2D eigenvalue weighted by Gasteiger charge is -2.36. The van der Waals surface area contributed by atoms with Crippen LogP contribution in [0.2, 0.25) is 0 Å². The Morgan fingerprint density at radius 3 is 2.41 bits per heavy atom. The number of aromatic nitrogens is 1. The lowest BCUT2D eigenvalue weighted by molar-refractivity contribution is 0.0928. The molecule has 1 aromatic heterocycles. The van der Waals surface area contributed by atoms with E-state index in [0.717, 1.165) is 42.6 Å². The van der Waals surface area contributed by atoms with Gasteiger partial charge >= 0.3 is 0 Å². The number of ketones is 1. The summed E-state index contributed by atoms with van der Waals surface area (Å²) in [6.45, 7) is 10.6. The number of anilines is 1. The zero-order chi connectivity index (χ0) is 19.0. The molecule has 0 unspecified atom stereocenters. The topological polar surface area (TPSA) is 39.3 Å². The molecule has 2 aromatic carbocycles. The number of H-pyrrole nitrogens is 1. The molecule has 0 amide bonds. The first kappa shape index (κ1) is 17.8. The molecule has 1 aliphatic rings. The number of Topliss-reactive ketones (excluding diaryl/α,β-unsaturated/α-hetero) is 1. The van der Waals surface area contributed by atoms with E-state index in [4.69, 9.17) is 0 Å². The van der Waals surface area contributed by atoms with Crippen molar-refractivity contribution in [3.8, 4) is 0 Å². The fourth-order valence-electron chi connectivity index (χ4n) is 4.06. The molecule has 4 nitrogen and oxygen atoms in total. The van der Waals surface area contributed by atoms with Crippen molar-refractivity contribution in [3.63, 3.8) is 0 Å². The minimum atomic E-state index is 0.201. The third-order valence-electron chi connectivity index (χ3n) is 5.57. The van der Waals surface area contributed by atoms with Crippen LogP contribution in [0, 0.1) is 20.8 Å². The standard InChI is InChI=1S/C23H27N3O/c1-16-5-7-22(18(3)12-16)26-10-8-25(9-11-26)15-23(27)20-14-24-21-6-4-17(2)13-19(20)21/h4-7,12-14,24H,8-11,15H2,1-3H3. The van der Waals surface area contributed by atoms with Crippen molar-refractivity contribution in [2.24, 2.45) is 0 Å². The van der Waals surface area contributed by atoms with Gasteiger partial charge in [-0.25, -0.2) is 0 Å². The minimum absolute atomic E-state index is 0.201. The van der Waals surface area contributed by atoms with Crippen LogP contribution in [0.3, 0.4) is 0 Å². The van der Waals surface area contributed by atoms with Crippen molar-refractivity contribution in [2.45, 2.75) is 20.8 Å². The predicted molar refractivity (Wildman–Crippen MR) is 112 cm³/mol. The Morgan fingerprint density at radius 2 is 1.67 bits per heavy atom. The Balaban J connectivity index is 1.41. The van der Waals surface area contributed by atoms with Crippen molar-refractivity contribution in [1.29, 1.82) is 0 Å². The maximum absolute atomic E-state index is 12.9. The van der Waals surface area contributed by atoms with E-state index in [1.165, 1.54) is 22.4 Å². The van der Waals surface area contributed by atoms with Gasteiger partial charge in [-0.05, 0) is 44.5 Å². The molecule has 1 N–H and O–H groups in total. The summed E-state index contributed by atoms with van der Waals surface area (Å²) >= 11 is 0. The van der Waals surface area contributed by atoms with Gasteiger partial charge in [0.1, 0.15) is 0 Å². The van der Waals surface area contributed by atoms with Crippen LogP contribution in [-0.2, 0) is 0 Å². The molecule has 3 aromatic rings. The molecule has 2 heterocycles. The molecule has 4 heteroatoms. The number of carbonyl (C=O) groups excluding carboxylic acids is 1. The third-order valence-corrected chi connectivity index (χ3v) is 5.57. The summed E-state index contributed by atoms with van der Waals surface area (Å²) < 4.78 is 0. The second-order valence-corrected chi connectivity index (χ2v) is 7.73. The van der Waals surface area contributed by atoms with Crippen LogP contribution >= 0.6 is 0 Å². The van der Waals surface area contributed by atoms with Crippen molar-refractivity contribution < 1.29 is 4.79 Å². The van der Waals surface area contributed by atoms with Crippen LogP contribution < -0.4 is 4.90 Å². The highest BCUT2D eigenvalue weighted by Gasteiger charge is 2.22. The molecule has 27 heavy (non-hydrogen) atoms. The van der Waals surface area contributed by atoms with Crippen LogP contribution in [-0.4, -0.2) is 48.4 Å². The van der Waals surface area contributed by atoms with Crippen molar-refractivity contribution in [3.05, 3.63) is 64.8 Å². The number of rotatable bonds is 4. The zero-order valence-electron chi connectivity index (χ0n) is 16.4. The van der Waals surface area contributed by atoms with Gasteiger partial charge in [0.2, 0.25) is 0 Å². The van der Waals surface area contributed by atoms with Gasteiger partial charge in [-0.1, -0.05) is 29.3 Å². The summed E-state index contributed by atoms with van der Waals surface area (Å²) in [5.41, 5.74) is 6.97. The van der Waals surface area contributed by atoms with E-state index in [1.54, 1.807) is 0 Å². The lowest BCUT2D eigenvalue weighted by Crippen LogP contribution is -2.48. The Hall–Kier alpha value is -2.59. The van der Waals surface area contributed by atoms with Crippen molar-refractivity contribution in [1.82, 2.24) is 9.88 Å². The average molecular weight is 361 g/mol. The van der Waals surface area contributed by atoms with E-state index in [9.17, 15) is 4.79 Å². The van der Waals surface area contributed by atoms with Gasteiger partial charge in [-0.3, -0.25) is 9.69 Å². The Bertz CT molecular complexity index is 980. The quantitative estimate of drug-likeness (QED) is 0.711. The number of hydrogen-bond donors (Lipinski definition) is 1. The first-order chi connectivity index (χ1) is 13.0. The summed E-state index contributed by atoms with van der Waals surface area (Å²) in [6.07, 6.45) is 1.86. The normalized spacial score (nSPS) is 15.4. The fourth-order valence-corrected chi connectivity index (χ4v) is 4.06. The van der Waals surface area contributed by atoms with Crippen molar-refractivity contribution in [2.75, 3.05) is 37.6 Å². The highest BCUT2D eigenvalue weighted by atomic mass is 16.1. The van der Waals surface area contributed by atoms with Gasteiger partial charge in [0.15, 0.2) is 5.78 Å². The number of piperazine rings is 1. The Labute approximate surface area is 160 Å². The molecule has 0 atom stereocenters. The van der Waals surface area contributed by atoms with E-state index in [0.29, 0.717) is 6.54 Å². The SMILES string of the molecule is Cc1ccc(N2CCN(CC(=O)c3c[nH]c4ccc(C)cc34)CC2)c(C)c1. The van der Waals surface area contributed by atoms with E-state index < -0.39 is 0 Å². The van der Waals surface area contributed by atoms with E-state index in [2.05, 4.69) is 65.9 Å². The minimum Gasteiger partial charge on any atom is -0.369 e. The number of fused-ring (bicyclic) bond motifs is 1. The average Bonchev–Trinajstić information content (AvgIpc) is 3.06. The molecular formula is C23H27N3O. The number of aromatic amines is 1. The van der Waals surface area contributed by atoms with Gasteiger partial charge in [-0.2, -0.15) is 0 Å². The molecule has 0 bridgehead atoms. The molecule has 0 aliphatic carbocycles. The van der Waals surface area contributed by atoms with Crippen LogP contribution in [0.5, 0.6) is 0 Å². The lowest BCUT2D eigenvalue weighted by atomic mass is 10.1. The third kappa shape index (κ3) is 3.62. The number of carbonyl (C=O) groups is 1. The van der Waals surface area contributed by atoms with Crippen LogP contribution in [0.25, 0.3) is 10.9 Å². The van der Waals surface area contributed by atoms with Crippen LogP contribution in [0.15, 0.2) is 42.6 Å². The largest absolute Gasteiger partial charge is 0.369 e. The van der Waals surface area contributed by atoms with Gasteiger partial charge in [-0.15, -0.1) is 0 Å². The monoisotopic (exact) mass is 361 g/mol. The molecule has 0 radical (unpaired) electrons. The maximum atomic E-state index is 12.9. The Morgan fingerprint density at radius 1 is 0.963 bits per heavy atom. The summed E-state index contributed by atoms with van der Waals surface area (Å²) in [6, 6.07) is 12.8. The smallest absolute Gasteiger partial charge is 0.178 e. The molecule has 1 fully saturated rings. The van der Waals surface area contributed by atoms with Gasteiger partial charge < -0.3 is 9.88 Å². The molecular weight excluding hydrogens is 334 g/mol. The van der Waals surface area contributed by atoms with Crippen LogP contribution in [0.4, 0.5) is 5.69 Å². The zero-order valence-corrected chi connectivity index (χ0v) is 16.4. The predicted octanol–water partition coefficient (Wildman–Crippen LogP) is 4.10. The van der Waals surface area contributed by atoms with Crippen LogP contribution in [0.1, 0.15) is 27.0 Å². The van der Waals surface area contributed by atoms with Gasteiger partial charge in [0.05, 0.1) is 6.54 Å². The van der Waals surface area contributed by atoms with E-state index >= 15 is 0 Å². The number of nitrogens with one attached hydrogen (secondary N) is 1. The number of aryl methyl sites for hydroxylation is 3. The van der Waals surface area contributed by atoms with Gasteiger partial charge in [0.25, 0.3) is 0 Å². The highest BCUT2D eigenvalue weighted by Crippen LogP contribution is 2.23. The summed E-state index contributed by atoms with van der Waals surface area (Å²) in [5.74, 6) is 0.201. The maximum Gasteiger partial charge on any atom is 0.178 e. The molecule has 1 saturated heterocycles.